The number of imidazole rings is 1. The van der Waals surface area contributed by atoms with Crippen LogP contribution in [0.3, 0.4) is 0 Å². The SMILES string of the molecule is CC(C)(c1nc2c(C(=O)O)cc(F)cc2[nH]1)S(C)(=O)=O. The van der Waals surface area contributed by atoms with Crippen LogP contribution in [0.2, 0.25) is 0 Å². The van der Waals surface area contributed by atoms with Crippen molar-refractivity contribution in [1.29, 1.82) is 0 Å². The van der Waals surface area contributed by atoms with Crippen LogP contribution < -0.4 is 0 Å². The number of nitrogens with one attached hydrogen (secondary N) is 1. The first kappa shape index (κ1) is 14.4. The third-order valence-corrected chi connectivity index (χ3v) is 5.33. The Bertz CT molecular complexity index is 808. The number of carbonyl (C=O) groups is 1. The Morgan fingerprint density at radius 3 is 2.50 bits per heavy atom. The Balaban J connectivity index is 2.78. The van der Waals surface area contributed by atoms with Crippen LogP contribution in [0, 0.1) is 5.82 Å². The quantitative estimate of drug-likeness (QED) is 0.898. The van der Waals surface area contributed by atoms with Gasteiger partial charge in [0.1, 0.15) is 21.9 Å². The molecule has 1 aromatic heterocycles. The summed E-state index contributed by atoms with van der Waals surface area (Å²) in [6.45, 7) is 2.88. The number of hydrogen-bond donors (Lipinski definition) is 2. The summed E-state index contributed by atoms with van der Waals surface area (Å²) in [6, 6.07) is 1.93. The molecule has 1 aromatic carbocycles. The van der Waals surface area contributed by atoms with Crippen LogP contribution in [-0.4, -0.2) is 35.7 Å². The van der Waals surface area contributed by atoms with Gasteiger partial charge in [0.2, 0.25) is 0 Å². The fourth-order valence-electron chi connectivity index (χ4n) is 1.71. The summed E-state index contributed by atoms with van der Waals surface area (Å²) in [4.78, 5) is 17.8. The zero-order valence-corrected chi connectivity index (χ0v) is 11.9. The number of fused-ring (bicyclic) bond motifs is 1. The van der Waals surface area contributed by atoms with Gasteiger partial charge in [0, 0.05) is 6.26 Å². The molecule has 108 valence electrons. The van der Waals surface area contributed by atoms with E-state index in [1.54, 1.807) is 0 Å². The second-order valence-electron chi connectivity index (χ2n) is 5.02. The molecule has 2 rings (SSSR count). The number of aromatic amines is 1. The Hall–Kier alpha value is -1.96. The normalized spacial score (nSPS) is 12.8. The Labute approximate surface area is 114 Å². The Morgan fingerprint density at radius 1 is 1.40 bits per heavy atom. The molecule has 20 heavy (non-hydrogen) atoms. The third kappa shape index (κ3) is 2.15. The van der Waals surface area contributed by atoms with Gasteiger partial charge in [0.25, 0.3) is 0 Å². The van der Waals surface area contributed by atoms with Gasteiger partial charge in [-0.25, -0.2) is 22.6 Å². The van der Waals surface area contributed by atoms with Crippen LogP contribution in [0.5, 0.6) is 0 Å². The highest BCUT2D eigenvalue weighted by Gasteiger charge is 2.36. The zero-order chi connectivity index (χ0) is 15.3. The van der Waals surface area contributed by atoms with Gasteiger partial charge in [-0.2, -0.15) is 0 Å². The summed E-state index contributed by atoms with van der Waals surface area (Å²) in [6.07, 6.45) is 1.05. The fourth-order valence-corrected chi connectivity index (χ4v) is 2.15. The van der Waals surface area contributed by atoms with Crippen molar-refractivity contribution in [2.24, 2.45) is 0 Å². The van der Waals surface area contributed by atoms with Gasteiger partial charge in [-0.1, -0.05) is 0 Å². The molecular formula is C12H13FN2O4S. The van der Waals surface area contributed by atoms with Crippen LogP contribution in [0.15, 0.2) is 12.1 Å². The average Bonchev–Trinajstić information content (AvgIpc) is 2.69. The maximum atomic E-state index is 13.4. The number of carboxylic acid groups (broad SMARTS) is 1. The minimum atomic E-state index is -3.48. The van der Waals surface area contributed by atoms with Crippen LogP contribution >= 0.6 is 0 Å². The van der Waals surface area contributed by atoms with Crippen molar-refractivity contribution in [3.05, 3.63) is 29.3 Å². The van der Waals surface area contributed by atoms with Gasteiger partial charge in [-0.15, -0.1) is 0 Å². The minimum absolute atomic E-state index is 0.0330. The first-order valence-corrected chi connectivity index (χ1v) is 7.56. The second-order valence-corrected chi connectivity index (χ2v) is 7.59. The van der Waals surface area contributed by atoms with E-state index < -0.39 is 26.4 Å². The van der Waals surface area contributed by atoms with E-state index in [1.165, 1.54) is 13.8 Å². The van der Waals surface area contributed by atoms with E-state index in [9.17, 15) is 17.6 Å². The van der Waals surface area contributed by atoms with Crippen LogP contribution in [-0.2, 0) is 14.6 Å². The number of aromatic carboxylic acids is 1. The summed E-state index contributed by atoms with van der Waals surface area (Å²) < 4.78 is 35.6. The third-order valence-electron chi connectivity index (χ3n) is 3.28. The number of benzene rings is 1. The van der Waals surface area contributed by atoms with Crippen molar-refractivity contribution >= 4 is 26.8 Å². The van der Waals surface area contributed by atoms with Gasteiger partial charge in [-0.3, -0.25) is 0 Å². The van der Waals surface area contributed by atoms with Gasteiger partial charge in [-0.05, 0) is 26.0 Å². The standard InChI is InChI=1S/C12H13FN2O4S/c1-12(2,20(3,18)19)11-14-8-5-6(13)4-7(10(16)17)9(8)15-11/h4-5H,1-3H3,(H,14,15)(H,16,17). The van der Waals surface area contributed by atoms with Gasteiger partial charge in [0.05, 0.1) is 11.1 Å². The lowest BCUT2D eigenvalue weighted by Crippen LogP contribution is -2.29. The van der Waals surface area contributed by atoms with Gasteiger partial charge in [0.15, 0.2) is 9.84 Å². The highest BCUT2D eigenvalue weighted by atomic mass is 32.2. The van der Waals surface area contributed by atoms with E-state index in [-0.39, 0.29) is 22.4 Å². The molecule has 0 amide bonds. The first-order chi connectivity index (χ1) is 9.04. The maximum Gasteiger partial charge on any atom is 0.338 e. The summed E-state index contributed by atoms with van der Waals surface area (Å²) in [7, 11) is -3.48. The van der Waals surface area contributed by atoms with E-state index in [1.807, 2.05) is 0 Å². The molecule has 0 fully saturated rings. The molecule has 0 aliphatic heterocycles. The van der Waals surface area contributed by atoms with Crippen LogP contribution in [0.25, 0.3) is 11.0 Å². The molecule has 0 saturated carbocycles. The fraction of sp³-hybridized carbons (Fsp3) is 0.333. The molecule has 0 saturated heterocycles. The molecule has 1 heterocycles. The summed E-state index contributed by atoms with van der Waals surface area (Å²) in [5, 5.41) is 9.04. The number of sulfone groups is 1. The van der Waals surface area contributed by atoms with Crippen molar-refractivity contribution in [2.75, 3.05) is 6.26 Å². The maximum absolute atomic E-state index is 13.4. The molecule has 2 aromatic rings. The molecule has 0 spiro atoms. The zero-order valence-electron chi connectivity index (χ0n) is 11.1. The highest BCUT2D eigenvalue weighted by Crippen LogP contribution is 2.29. The lowest BCUT2D eigenvalue weighted by Gasteiger charge is -2.19. The summed E-state index contributed by atoms with van der Waals surface area (Å²) in [5.74, 6) is -1.99. The number of hydrogen-bond acceptors (Lipinski definition) is 4. The Morgan fingerprint density at radius 2 is 2.00 bits per heavy atom. The second kappa shape index (κ2) is 4.27. The van der Waals surface area contributed by atoms with Crippen molar-refractivity contribution < 1.29 is 22.7 Å². The number of halogens is 1. The van der Waals surface area contributed by atoms with E-state index >= 15 is 0 Å². The van der Waals surface area contributed by atoms with Crippen LogP contribution in [0.1, 0.15) is 30.0 Å². The molecule has 0 aliphatic rings. The van der Waals surface area contributed by atoms with E-state index in [0.717, 1.165) is 18.4 Å². The summed E-state index contributed by atoms with van der Waals surface area (Å²) in [5.41, 5.74) is -0.133. The largest absolute Gasteiger partial charge is 0.478 e. The highest BCUT2D eigenvalue weighted by molar-refractivity contribution is 7.91. The lowest BCUT2D eigenvalue weighted by atomic mass is 10.2. The molecular weight excluding hydrogens is 287 g/mol. The molecule has 0 unspecified atom stereocenters. The molecule has 8 heteroatoms. The van der Waals surface area contributed by atoms with E-state index in [0.29, 0.717) is 0 Å². The predicted molar refractivity (Wildman–Crippen MR) is 70.9 cm³/mol. The van der Waals surface area contributed by atoms with Crippen molar-refractivity contribution in [3.63, 3.8) is 0 Å². The topological polar surface area (TPSA) is 100 Å². The lowest BCUT2D eigenvalue weighted by molar-refractivity contribution is 0.0698. The molecule has 0 aliphatic carbocycles. The molecule has 6 nitrogen and oxygen atoms in total. The van der Waals surface area contributed by atoms with Gasteiger partial charge >= 0.3 is 5.97 Å². The monoisotopic (exact) mass is 300 g/mol. The molecule has 0 atom stereocenters. The number of nitrogens with zero attached hydrogens (tertiary/aromatic N) is 1. The Kier molecular flexibility index (Phi) is 3.09. The van der Waals surface area contributed by atoms with E-state index in [4.69, 9.17) is 5.11 Å². The molecule has 0 radical (unpaired) electrons. The van der Waals surface area contributed by atoms with Crippen molar-refractivity contribution in [3.8, 4) is 0 Å². The predicted octanol–water partition coefficient (Wildman–Crippen LogP) is 1.68. The molecule has 0 bridgehead atoms. The molecule has 2 N–H and O–H groups in total. The number of rotatable bonds is 3. The van der Waals surface area contributed by atoms with Crippen LogP contribution in [0.4, 0.5) is 4.39 Å². The van der Waals surface area contributed by atoms with Crippen molar-refractivity contribution in [2.45, 2.75) is 18.6 Å². The minimum Gasteiger partial charge on any atom is -0.478 e. The van der Waals surface area contributed by atoms with Gasteiger partial charge < -0.3 is 10.1 Å². The number of aromatic nitrogens is 2. The number of carboxylic acids is 1. The average molecular weight is 300 g/mol. The summed E-state index contributed by atoms with van der Waals surface area (Å²) >= 11 is 0. The smallest absolute Gasteiger partial charge is 0.338 e. The van der Waals surface area contributed by atoms with Crippen molar-refractivity contribution in [1.82, 2.24) is 9.97 Å². The van der Waals surface area contributed by atoms with E-state index in [2.05, 4.69) is 9.97 Å². The first-order valence-electron chi connectivity index (χ1n) is 5.66. The number of H-pyrrole nitrogens is 1.